The van der Waals surface area contributed by atoms with Crippen LogP contribution in [0, 0.1) is 17.8 Å². The lowest BCUT2D eigenvalue weighted by atomic mass is 10.2. The Morgan fingerprint density at radius 2 is 2.00 bits per heavy atom. The minimum Gasteiger partial charge on any atom is -0.385 e. The van der Waals surface area contributed by atoms with Gasteiger partial charge < -0.3 is 19.5 Å². The van der Waals surface area contributed by atoms with Gasteiger partial charge in [0.15, 0.2) is 0 Å². The van der Waals surface area contributed by atoms with Gasteiger partial charge in [-0.15, -0.1) is 0 Å². The number of fused-ring (bicyclic) bond motifs is 2. The van der Waals surface area contributed by atoms with E-state index in [9.17, 15) is 0 Å². The van der Waals surface area contributed by atoms with Crippen molar-refractivity contribution in [2.24, 2.45) is 17.8 Å². The number of hydrogen-bond acceptors (Lipinski definition) is 7. The standard InChI is InChI=1S/C21H27N7O/c1-13(2)28-12-24-17-9-23-20(8-18(17)28)25-19-4-6-22-21(26-19)27-10-15-14(5-7-29-3)16(15)11-27/h4,6,8-9,12-16H,5,7,10-11H2,1-3H3,(H,22,23,25,26)/t14-,15-,16+. The number of ether oxygens (including phenoxy) is 1. The fourth-order valence-electron chi connectivity index (χ4n) is 4.61. The molecule has 3 aromatic rings. The van der Waals surface area contributed by atoms with Crippen LogP contribution in [0.5, 0.6) is 0 Å². The smallest absolute Gasteiger partial charge is 0.227 e. The molecule has 0 bridgehead atoms. The summed E-state index contributed by atoms with van der Waals surface area (Å²) in [5.74, 6) is 4.66. The maximum absolute atomic E-state index is 5.23. The molecule has 1 N–H and O–H groups in total. The van der Waals surface area contributed by atoms with E-state index >= 15 is 0 Å². The van der Waals surface area contributed by atoms with Crippen molar-refractivity contribution < 1.29 is 4.74 Å². The quantitative estimate of drug-likeness (QED) is 0.660. The highest BCUT2D eigenvalue weighted by molar-refractivity contribution is 5.78. The van der Waals surface area contributed by atoms with Crippen LogP contribution >= 0.6 is 0 Å². The zero-order chi connectivity index (χ0) is 20.0. The van der Waals surface area contributed by atoms with Gasteiger partial charge in [0.25, 0.3) is 0 Å². The predicted molar refractivity (Wildman–Crippen MR) is 112 cm³/mol. The van der Waals surface area contributed by atoms with Crippen molar-refractivity contribution >= 4 is 28.6 Å². The molecule has 3 atom stereocenters. The van der Waals surface area contributed by atoms with Crippen molar-refractivity contribution in [3.05, 3.63) is 30.9 Å². The summed E-state index contributed by atoms with van der Waals surface area (Å²) in [6.07, 6.45) is 6.64. The van der Waals surface area contributed by atoms with Gasteiger partial charge in [-0.2, -0.15) is 4.98 Å². The average Bonchev–Trinajstić information content (AvgIpc) is 3.07. The van der Waals surface area contributed by atoms with Gasteiger partial charge >= 0.3 is 0 Å². The van der Waals surface area contributed by atoms with Crippen LogP contribution in [0.1, 0.15) is 26.3 Å². The molecule has 2 aliphatic rings. The number of hydrogen-bond donors (Lipinski definition) is 1. The highest BCUT2D eigenvalue weighted by Gasteiger charge is 2.55. The Morgan fingerprint density at radius 3 is 2.76 bits per heavy atom. The summed E-state index contributed by atoms with van der Waals surface area (Å²) >= 11 is 0. The van der Waals surface area contributed by atoms with E-state index in [4.69, 9.17) is 9.72 Å². The molecule has 1 aliphatic heterocycles. The zero-order valence-corrected chi connectivity index (χ0v) is 17.1. The van der Waals surface area contributed by atoms with Gasteiger partial charge in [0.1, 0.15) is 17.2 Å². The zero-order valence-electron chi connectivity index (χ0n) is 17.1. The van der Waals surface area contributed by atoms with Gasteiger partial charge in [0, 0.05) is 45.1 Å². The molecular weight excluding hydrogens is 366 g/mol. The number of rotatable bonds is 7. The summed E-state index contributed by atoms with van der Waals surface area (Å²) in [5.41, 5.74) is 1.96. The largest absolute Gasteiger partial charge is 0.385 e. The summed E-state index contributed by atoms with van der Waals surface area (Å²) in [5, 5.41) is 3.33. The maximum Gasteiger partial charge on any atom is 0.227 e. The fraction of sp³-hybridized carbons (Fsp3) is 0.524. The number of methoxy groups -OCH3 is 1. The lowest BCUT2D eigenvalue weighted by Crippen LogP contribution is -2.26. The number of pyridine rings is 1. The summed E-state index contributed by atoms with van der Waals surface area (Å²) in [4.78, 5) is 20.4. The van der Waals surface area contributed by atoms with Gasteiger partial charge in [-0.1, -0.05) is 0 Å². The lowest BCUT2D eigenvalue weighted by molar-refractivity contribution is 0.186. The van der Waals surface area contributed by atoms with Gasteiger partial charge in [-0.25, -0.2) is 15.0 Å². The normalized spacial score (nSPS) is 23.0. The Morgan fingerprint density at radius 1 is 1.17 bits per heavy atom. The molecule has 0 unspecified atom stereocenters. The molecule has 29 heavy (non-hydrogen) atoms. The van der Waals surface area contributed by atoms with Crippen LogP contribution in [0.4, 0.5) is 17.6 Å². The second-order valence-corrected chi connectivity index (χ2v) is 8.35. The van der Waals surface area contributed by atoms with E-state index in [1.807, 2.05) is 24.7 Å². The van der Waals surface area contributed by atoms with Crippen LogP contribution in [0.25, 0.3) is 11.0 Å². The monoisotopic (exact) mass is 393 g/mol. The molecule has 1 saturated heterocycles. The third-order valence-corrected chi connectivity index (χ3v) is 6.23. The first kappa shape index (κ1) is 18.3. The Labute approximate surface area is 170 Å². The molecule has 152 valence electrons. The number of aromatic nitrogens is 5. The van der Waals surface area contributed by atoms with Crippen molar-refractivity contribution in [1.82, 2.24) is 24.5 Å². The Hall–Kier alpha value is -2.74. The molecule has 1 saturated carbocycles. The van der Waals surface area contributed by atoms with Gasteiger partial charge in [-0.05, 0) is 44.1 Å². The lowest BCUT2D eigenvalue weighted by Gasteiger charge is -2.20. The van der Waals surface area contributed by atoms with Crippen molar-refractivity contribution in [3.63, 3.8) is 0 Å². The summed E-state index contributed by atoms with van der Waals surface area (Å²) in [6.45, 7) is 7.23. The Bertz CT molecular complexity index is 1010. The third kappa shape index (κ3) is 3.42. The SMILES string of the molecule is COCC[C@@H]1[C@H]2CN(c3nccc(Nc4cc5c(cn4)ncn5C(C)C)n3)C[C@@H]12. The molecule has 3 aromatic heterocycles. The van der Waals surface area contributed by atoms with E-state index in [1.165, 1.54) is 6.42 Å². The topological polar surface area (TPSA) is 81.0 Å². The maximum atomic E-state index is 5.23. The minimum atomic E-state index is 0.343. The molecular formula is C21H27N7O. The van der Waals surface area contributed by atoms with Crippen molar-refractivity contribution in [2.45, 2.75) is 26.3 Å². The molecule has 5 rings (SSSR count). The van der Waals surface area contributed by atoms with Crippen LogP contribution in [-0.4, -0.2) is 51.3 Å². The first-order valence-electron chi connectivity index (χ1n) is 10.3. The first-order valence-corrected chi connectivity index (χ1v) is 10.3. The second kappa shape index (κ2) is 7.26. The second-order valence-electron chi connectivity index (χ2n) is 8.35. The van der Waals surface area contributed by atoms with Crippen LogP contribution in [0.2, 0.25) is 0 Å². The minimum absolute atomic E-state index is 0.343. The molecule has 1 aliphatic carbocycles. The van der Waals surface area contributed by atoms with Gasteiger partial charge in [0.2, 0.25) is 5.95 Å². The molecule has 2 fully saturated rings. The van der Waals surface area contributed by atoms with E-state index < -0.39 is 0 Å². The molecule has 8 heteroatoms. The van der Waals surface area contributed by atoms with Crippen LogP contribution in [0.3, 0.4) is 0 Å². The van der Waals surface area contributed by atoms with E-state index in [0.29, 0.717) is 6.04 Å². The van der Waals surface area contributed by atoms with Gasteiger partial charge in [-0.3, -0.25) is 0 Å². The Kier molecular flexibility index (Phi) is 4.58. The van der Waals surface area contributed by atoms with E-state index in [2.05, 4.69) is 43.6 Å². The summed E-state index contributed by atoms with van der Waals surface area (Å²) in [7, 11) is 1.78. The van der Waals surface area contributed by atoms with E-state index in [1.54, 1.807) is 13.3 Å². The Balaban J connectivity index is 1.29. The fourth-order valence-corrected chi connectivity index (χ4v) is 4.61. The third-order valence-electron chi connectivity index (χ3n) is 6.23. The molecule has 4 heterocycles. The van der Waals surface area contributed by atoms with Crippen molar-refractivity contribution in [2.75, 3.05) is 37.0 Å². The van der Waals surface area contributed by atoms with E-state index in [-0.39, 0.29) is 0 Å². The molecule has 0 spiro atoms. The number of imidazole rings is 1. The number of nitrogens with zero attached hydrogens (tertiary/aromatic N) is 6. The highest BCUT2D eigenvalue weighted by atomic mass is 16.5. The number of anilines is 3. The predicted octanol–water partition coefficient (Wildman–Crippen LogP) is 3.26. The molecule has 0 aromatic carbocycles. The van der Waals surface area contributed by atoms with Crippen molar-refractivity contribution in [3.8, 4) is 0 Å². The highest BCUT2D eigenvalue weighted by Crippen LogP contribution is 2.53. The molecule has 8 nitrogen and oxygen atoms in total. The number of nitrogens with one attached hydrogen (secondary N) is 1. The summed E-state index contributed by atoms with van der Waals surface area (Å²) < 4.78 is 7.37. The van der Waals surface area contributed by atoms with Crippen LogP contribution < -0.4 is 10.2 Å². The average molecular weight is 393 g/mol. The van der Waals surface area contributed by atoms with Crippen molar-refractivity contribution in [1.29, 1.82) is 0 Å². The van der Waals surface area contributed by atoms with Crippen LogP contribution in [0.15, 0.2) is 30.9 Å². The number of piperidine rings is 1. The van der Waals surface area contributed by atoms with Crippen LogP contribution in [-0.2, 0) is 4.74 Å². The van der Waals surface area contributed by atoms with Gasteiger partial charge in [0.05, 0.1) is 18.0 Å². The van der Waals surface area contributed by atoms with E-state index in [0.717, 1.165) is 66.1 Å². The first-order chi connectivity index (χ1) is 14.1. The molecule has 0 amide bonds. The summed E-state index contributed by atoms with van der Waals surface area (Å²) in [6, 6.07) is 4.25. The molecule has 0 radical (unpaired) electrons.